The summed E-state index contributed by atoms with van der Waals surface area (Å²) in [5.74, 6) is 0.791. The molecule has 0 unspecified atom stereocenters. The minimum atomic E-state index is 0.762. The minimum Gasteiger partial charge on any atom is -0.404 e. The highest BCUT2D eigenvalue weighted by atomic mass is 15.2. The molecule has 188 valence electrons. The molecule has 3 aromatic rings. The van der Waals surface area contributed by atoms with E-state index in [0.717, 1.165) is 101 Å². The first-order valence-corrected chi connectivity index (χ1v) is 12.5. The molecule has 0 radical (unpaired) electrons. The van der Waals surface area contributed by atoms with Gasteiger partial charge in [-0.15, -0.1) is 0 Å². The third-order valence-electron chi connectivity index (χ3n) is 6.75. The zero-order valence-corrected chi connectivity index (χ0v) is 21.9. The van der Waals surface area contributed by atoms with Gasteiger partial charge in [-0.25, -0.2) is 4.98 Å². The third kappa shape index (κ3) is 5.20. The first kappa shape index (κ1) is 25.2. The van der Waals surface area contributed by atoms with Gasteiger partial charge in [-0.05, 0) is 56.0 Å². The van der Waals surface area contributed by atoms with Crippen molar-refractivity contribution in [1.82, 2.24) is 19.4 Å². The number of rotatable bonds is 2. The fourth-order valence-electron chi connectivity index (χ4n) is 4.68. The zero-order valence-electron chi connectivity index (χ0n) is 21.9. The molecule has 2 aromatic heterocycles. The smallest absolute Gasteiger partial charge is 0.208 e. The topological polar surface area (TPSA) is 84.4 Å². The summed E-state index contributed by atoms with van der Waals surface area (Å²) in [4.78, 5) is 16.3. The van der Waals surface area contributed by atoms with Crippen molar-refractivity contribution in [3.63, 3.8) is 0 Å². The molecular formula is C29H37N7. The second-order valence-electron chi connectivity index (χ2n) is 9.53. The second-order valence-corrected chi connectivity index (χ2v) is 9.53. The van der Waals surface area contributed by atoms with Crippen LogP contribution in [0.5, 0.6) is 0 Å². The Morgan fingerprint density at radius 1 is 1.14 bits per heavy atom. The molecule has 0 amide bonds. The number of hydrogen-bond donors (Lipinski definition) is 2. The minimum absolute atomic E-state index is 0.762. The standard InChI is InChI=1S/C29H37N7/c1-19-15-23-16-27(32-19)24(18-30)25(31-4)11-9-7-8-10-14-36-28-17-22(21(3)35(5)6)12-13-26(28)34-29(36)33-20(23)2/h12-13,15-18H,2-3,7-11,14,30H2,1,4-6H3,(H,33,34). The summed E-state index contributed by atoms with van der Waals surface area (Å²) < 4.78 is 2.27. The Morgan fingerprint density at radius 3 is 2.64 bits per heavy atom. The maximum Gasteiger partial charge on any atom is 0.208 e. The average Bonchev–Trinajstić information content (AvgIpc) is 3.19. The van der Waals surface area contributed by atoms with Gasteiger partial charge in [0.15, 0.2) is 0 Å². The molecule has 3 N–H and O–H groups in total. The first-order chi connectivity index (χ1) is 17.3. The van der Waals surface area contributed by atoms with Crippen molar-refractivity contribution < 1.29 is 0 Å². The van der Waals surface area contributed by atoms with Crippen molar-refractivity contribution >= 4 is 39.7 Å². The number of aryl methyl sites for hydroxylation is 2. The van der Waals surface area contributed by atoms with E-state index in [9.17, 15) is 0 Å². The first-order valence-electron chi connectivity index (χ1n) is 12.5. The van der Waals surface area contributed by atoms with Gasteiger partial charge in [0, 0.05) is 67.8 Å². The van der Waals surface area contributed by atoms with E-state index >= 15 is 0 Å². The molecule has 0 atom stereocenters. The van der Waals surface area contributed by atoms with Crippen molar-refractivity contribution in [2.45, 2.75) is 45.6 Å². The molecule has 0 aliphatic carbocycles. The molecule has 7 nitrogen and oxygen atoms in total. The number of nitrogens with two attached hydrogens (primary N) is 1. The van der Waals surface area contributed by atoms with Gasteiger partial charge < -0.3 is 20.5 Å². The molecule has 1 aromatic carbocycles. The number of hydrogen-bond acceptors (Lipinski definition) is 6. The Kier molecular flexibility index (Phi) is 7.58. The van der Waals surface area contributed by atoms with E-state index in [4.69, 9.17) is 15.7 Å². The fraction of sp³-hybridized carbons (Fsp3) is 0.345. The molecule has 36 heavy (non-hydrogen) atoms. The Labute approximate surface area is 214 Å². The SMILES string of the molecule is C=C1Nc2nc3ccc(C(=C)N(C)C)cc3n2CCCCCCC(=NC)C(=CN)c2cc1cc(C)n2. The summed E-state index contributed by atoms with van der Waals surface area (Å²) in [5.41, 5.74) is 15.5. The van der Waals surface area contributed by atoms with Crippen LogP contribution in [0.3, 0.4) is 0 Å². The zero-order chi connectivity index (χ0) is 25.8. The summed E-state index contributed by atoms with van der Waals surface area (Å²) in [5, 5.41) is 3.50. The summed E-state index contributed by atoms with van der Waals surface area (Å²) >= 11 is 0. The Hall–Kier alpha value is -3.87. The number of aliphatic imine (C=N–C) groups is 1. The van der Waals surface area contributed by atoms with Gasteiger partial charge in [0.05, 0.1) is 16.7 Å². The van der Waals surface area contributed by atoms with Crippen LogP contribution in [-0.2, 0) is 6.54 Å². The number of nitrogens with zero attached hydrogens (tertiary/aromatic N) is 5. The number of allylic oxidation sites excluding steroid dienone is 1. The highest BCUT2D eigenvalue weighted by molar-refractivity contribution is 6.23. The summed E-state index contributed by atoms with van der Waals surface area (Å²) in [7, 11) is 5.85. The van der Waals surface area contributed by atoms with Crippen LogP contribution in [0, 0.1) is 6.92 Å². The van der Waals surface area contributed by atoms with E-state index < -0.39 is 0 Å². The molecule has 4 rings (SSSR count). The third-order valence-corrected chi connectivity index (χ3v) is 6.75. The van der Waals surface area contributed by atoms with E-state index in [-0.39, 0.29) is 0 Å². The molecule has 7 heteroatoms. The molecule has 2 bridgehead atoms. The predicted molar refractivity (Wildman–Crippen MR) is 153 cm³/mol. The molecule has 0 saturated heterocycles. The molecule has 3 heterocycles. The number of fused-ring (bicyclic) bond motifs is 5. The quantitative estimate of drug-likeness (QED) is 0.489. The Balaban J connectivity index is 1.79. The van der Waals surface area contributed by atoms with E-state index in [2.05, 4.69) is 46.2 Å². The van der Waals surface area contributed by atoms with Crippen molar-refractivity contribution in [2.75, 3.05) is 26.5 Å². The Bertz CT molecular complexity index is 1360. The van der Waals surface area contributed by atoms with E-state index in [1.54, 1.807) is 6.20 Å². The lowest BCUT2D eigenvalue weighted by Crippen LogP contribution is -2.10. The summed E-state index contributed by atoms with van der Waals surface area (Å²) in [6, 6.07) is 10.4. The van der Waals surface area contributed by atoms with Crippen LogP contribution in [0.25, 0.3) is 28.0 Å². The monoisotopic (exact) mass is 483 g/mol. The molecule has 0 saturated carbocycles. The van der Waals surface area contributed by atoms with E-state index in [1.165, 1.54) is 0 Å². The summed E-state index contributed by atoms with van der Waals surface area (Å²) in [6.07, 6.45) is 6.85. The van der Waals surface area contributed by atoms with Gasteiger partial charge in [0.25, 0.3) is 0 Å². The van der Waals surface area contributed by atoms with Crippen molar-refractivity contribution in [3.05, 3.63) is 72.2 Å². The molecule has 0 fully saturated rings. The maximum atomic E-state index is 6.07. The van der Waals surface area contributed by atoms with E-state index in [0.29, 0.717) is 0 Å². The van der Waals surface area contributed by atoms with Gasteiger partial charge in [-0.3, -0.25) is 9.98 Å². The number of pyridine rings is 1. The van der Waals surface area contributed by atoms with Crippen molar-refractivity contribution in [3.8, 4) is 0 Å². The van der Waals surface area contributed by atoms with Crippen LogP contribution >= 0.6 is 0 Å². The number of anilines is 1. The van der Waals surface area contributed by atoms with Crippen molar-refractivity contribution in [1.29, 1.82) is 0 Å². The second kappa shape index (κ2) is 10.8. The lowest BCUT2D eigenvalue weighted by atomic mass is 9.99. The van der Waals surface area contributed by atoms with Crippen LogP contribution < -0.4 is 11.1 Å². The van der Waals surface area contributed by atoms with Crippen LogP contribution in [0.2, 0.25) is 0 Å². The summed E-state index contributed by atoms with van der Waals surface area (Å²) in [6.45, 7) is 11.4. The van der Waals surface area contributed by atoms with Gasteiger partial charge in [0.1, 0.15) is 0 Å². The number of benzene rings is 1. The van der Waals surface area contributed by atoms with Gasteiger partial charge in [-0.1, -0.05) is 32.1 Å². The Morgan fingerprint density at radius 2 is 1.92 bits per heavy atom. The predicted octanol–water partition coefficient (Wildman–Crippen LogP) is 5.69. The van der Waals surface area contributed by atoms with Gasteiger partial charge in [0.2, 0.25) is 5.95 Å². The number of nitrogens with one attached hydrogen (secondary N) is 1. The van der Waals surface area contributed by atoms with Crippen molar-refractivity contribution in [2.24, 2.45) is 10.7 Å². The molecule has 0 spiro atoms. The lowest BCUT2D eigenvalue weighted by Gasteiger charge is -2.16. The average molecular weight is 484 g/mol. The fourth-order valence-corrected chi connectivity index (χ4v) is 4.68. The number of imidazole rings is 1. The van der Waals surface area contributed by atoms with Crippen LogP contribution in [0.4, 0.5) is 5.95 Å². The molecular weight excluding hydrogens is 446 g/mol. The normalized spacial score (nSPS) is 17.4. The highest BCUT2D eigenvalue weighted by Gasteiger charge is 2.17. The van der Waals surface area contributed by atoms with Gasteiger partial charge in [-0.2, -0.15) is 0 Å². The van der Waals surface area contributed by atoms with E-state index in [1.807, 2.05) is 45.1 Å². The molecule has 1 aliphatic rings. The maximum absolute atomic E-state index is 6.07. The lowest BCUT2D eigenvalue weighted by molar-refractivity contribution is 0.588. The van der Waals surface area contributed by atoms with Gasteiger partial charge >= 0.3 is 0 Å². The van der Waals surface area contributed by atoms with Crippen LogP contribution in [-0.4, -0.2) is 46.3 Å². The van der Waals surface area contributed by atoms with Crippen LogP contribution in [0.15, 0.2) is 54.7 Å². The highest BCUT2D eigenvalue weighted by Crippen LogP contribution is 2.29. The number of aromatic nitrogens is 3. The van der Waals surface area contributed by atoms with Crippen LogP contribution in [0.1, 0.15) is 54.6 Å². The largest absolute Gasteiger partial charge is 0.404 e. The molecule has 1 aliphatic heterocycles.